The Bertz CT molecular complexity index is 1450. The van der Waals surface area contributed by atoms with Crippen molar-refractivity contribution in [1.82, 2.24) is 9.99 Å². The summed E-state index contributed by atoms with van der Waals surface area (Å²) in [6.07, 6.45) is 0.452. The maximum atomic E-state index is 13.9. The van der Waals surface area contributed by atoms with Gasteiger partial charge in [-0.15, -0.1) is 0 Å². The van der Waals surface area contributed by atoms with Crippen molar-refractivity contribution in [1.29, 1.82) is 0 Å². The van der Waals surface area contributed by atoms with Crippen LogP contribution < -0.4 is 4.74 Å². The normalized spacial score (nSPS) is 15.5. The van der Waals surface area contributed by atoms with Gasteiger partial charge in [0.15, 0.2) is 0 Å². The second-order valence-corrected chi connectivity index (χ2v) is 8.58. The van der Waals surface area contributed by atoms with Gasteiger partial charge in [-0.05, 0) is 48.9 Å². The number of aryl methyl sites for hydroxylation is 1. The highest BCUT2D eigenvalue weighted by molar-refractivity contribution is 6.30. The number of benzene rings is 3. The van der Waals surface area contributed by atoms with E-state index in [2.05, 4.69) is 10.1 Å². The van der Waals surface area contributed by atoms with Crippen LogP contribution in [0.3, 0.4) is 0 Å². The maximum Gasteiger partial charge on any atom is 0.274 e. The molecule has 1 atom stereocenters. The minimum Gasteiger partial charge on any atom is -0.497 e. The number of methoxy groups -OCH3 is 1. The van der Waals surface area contributed by atoms with Crippen LogP contribution in [0, 0.1) is 12.7 Å². The fraction of sp³-hybridized carbons (Fsp3) is 0.148. The number of hydrogen-bond donors (Lipinski definition) is 0. The third kappa shape index (κ3) is 4.13. The molecule has 0 N–H and O–H groups in total. The fourth-order valence-corrected chi connectivity index (χ4v) is 4.46. The number of hydrogen-bond acceptors (Lipinski definition) is 4. The molecular formula is C27H21ClFN3O2. The molecule has 0 aliphatic carbocycles. The third-order valence-corrected chi connectivity index (χ3v) is 6.21. The molecule has 2 heterocycles. The summed E-state index contributed by atoms with van der Waals surface area (Å²) >= 11 is 6.64. The summed E-state index contributed by atoms with van der Waals surface area (Å²) in [6.45, 7) is 2.00. The van der Waals surface area contributed by atoms with Crippen LogP contribution in [-0.2, 0) is 0 Å². The smallest absolute Gasteiger partial charge is 0.274 e. The van der Waals surface area contributed by atoms with E-state index >= 15 is 0 Å². The van der Waals surface area contributed by atoms with Gasteiger partial charge in [0, 0.05) is 29.0 Å². The lowest BCUT2D eigenvalue weighted by atomic mass is 9.97. The molecule has 0 unspecified atom stereocenters. The zero-order valence-electron chi connectivity index (χ0n) is 18.6. The number of carbonyl (C=O) groups excluding carboxylic acids is 1. The average molecular weight is 474 g/mol. The first kappa shape index (κ1) is 22.0. The molecule has 0 fully saturated rings. The minimum absolute atomic E-state index is 0.217. The fourth-order valence-electron chi connectivity index (χ4n) is 4.19. The van der Waals surface area contributed by atoms with E-state index < -0.39 is 17.8 Å². The first-order valence-electron chi connectivity index (χ1n) is 10.8. The summed E-state index contributed by atoms with van der Waals surface area (Å²) in [5.41, 5.74) is 4.35. The van der Waals surface area contributed by atoms with Crippen molar-refractivity contribution in [3.8, 4) is 5.75 Å². The van der Waals surface area contributed by atoms with Gasteiger partial charge in [-0.1, -0.05) is 47.5 Å². The van der Waals surface area contributed by atoms with Crippen molar-refractivity contribution in [3.63, 3.8) is 0 Å². The maximum absolute atomic E-state index is 13.9. The van der Waals surface area contributed by atoms with Gasteiger partial charge in [-0.2, -0.15) is 5.10 Å². The Kier molecular flexibility index (Phi) is 5.75. The van der Waals surface area contributed by atoms with Crippen LogP contribution >= 0.6 is 11.6 Å². The number of halogens is 2. The van der Waals surface area contributed by atoms with E-state index in [0.29, 0.717) is 23.3 Å². The number of fused-ring (bicyclic) bond motifs is 1. The predicted molar refractivity (Wildman–Crippen MR) is 131 cm³/mol. The second kappa shape index (κ2) is 8.88. The molecule has 0 spiro atoms. The molecule has 4 aromatic rings. The Morgan fingerprint density at radius 3 is 2.68 bits per heavy atom. The van der Waals surface area contributed by atoms with E-state index in [0.717, 1.165) is 22.2 Å². The summed E-state index contributed by atoms with van der Waals surface area (Å²) < 4.78 is 19.2. The molecule has 1 aliphatic rings. The Morgan fingerprint density at radius 1 is 1.09 bits per heavy atom. The van der Waals surface area contributed by atoms with Crippen LogP contribution in [-0.4, -0.2) is 28.7 Å². The largest absolute Gasteiger partial charge is 0.497 e. The van der Waals surface area contributed by atoms with E-state index in [-0.39, 0.29) is 10.7 Å². The molecule has 34 heavy (non-hydrogen) atoms. The van der Waals surface area contributed by atoms with Gasteiger partial charge in [0.2, 0.25) is 0 Å². The molecule has 5 rings (SSSR count). The molecule has 3 aromatic carbocycles. The van der Waals surface area contributed by atoms with Gasteiger partial charge in [0.25, 0.3) is 5.91 Å². The van der Waals surface area contributed by atoms with Gasteiger partial charge in [-0.25, -0.2) is 14.4 Å². The number of rotatable bonds is 4. The lowest BCUT2D eigenvalue weighted by Gasteiger charge is -2.23. The minimum atomic E-state index is -0.488. The third-order valence-electron chi connectivity index (χ3n) is 5.91. The van der Waals surface area contributed by atoms with E-state index in [1.165, 1.54) is 23.2 Å². The van der Waals surface area contributed by atoms with Crippen molar-refractivity contribution in [3.05, 3.63) is 106 Å². The van der Waals surface area contributed by atoms with Crippen LogP contribution in [0.15, 0.2) is 77.9 Å². The highest BCUT2D eigenvalue weighted by Crippen LogP contribution is 2.38. The number of carbonyl (C=O) groups is 1. The standard InChI is InChI=1S/C27H21ClFN3O2/c1-16-5-3-6-17(11-16)24-15-25(32(31-24)27(33)19-7-4-8-20(29)12-19)22-13-18-9-10-21(34-2)14-23(18)30-26(22)28/h3-14,25H,15H2,1-2H3/t25-/m0/s1. The SMILES string of the molecule is COc1ccc2cc([C@@H]3CC(c4cccc(C)c4)=NN3C(=O)c3cccc(F)c3)c(Cl)nc2c1. The van der Waals surface area contributed by atoms with Gasteiger partial charge in [0.05, 0.1) is 24.4 Å². The molecule has 170 valence electrons. The molecule has 0 saturated carbocycles. The highest BCUT2D eigenvalue weighted by atomic mass is 35.5. The summed E-state index contributed by atoms with van der Waals surface area (Å²) in [5.74, 6) is -0.209. The second-order valence-electron chi connectivity index (χ2n) is 8.22. The van der Waals surface area contributed by atoms with Crippen molar-refractivity contribution in [2.45, 2.75) is 19.4 Å². The number of nitrogens with zero attached hydrogens (tertiary/aromatic N) is 3. The van der Waals surface area contributed by atoms with Crippen LogP contribution in [0.1, 0.15) is 39.5 Å². The number of ether oxygens (including phenoxy) is 1. The number of aromatic nitrogens is 1. The first-order valence-corrected chi connectivity index (χ1v) is 11.2. The van der Waals surface area contributed by atoms with E-state index in [4.69, 9.17) is 16.3 Å². The van der Waals surface area contributed by atoms with Crippen LogP contribution in [0.25, 0.3) is 10.9 Å². The Morgan fingerprint density at radius 2 is 1.91 bits per heavy atom. The highest BCUT2D eigenvalue weighted by Gasteiger charge is 2.35. The van der Waals surface area contributed by atoms with E-state index in [1.807, 2.05) is 55.5 Å². The van der Waals surface area contributed by atoms with Crippen molar-refractivity contribution >= 4 is 34.1 Å². The van der Waals surface area contributed by atoms with Crippen LogP contribution in [0.4, 0.5) is 4.39 Å². The quantitative estimate of drug-likeness (QED) is 0.325. The Hall–Kier alpha value is -3.77. The lowest BCUT2D eigenvalue weighted by Crippen LogP contribution is -2.27. The number of pyridine rings is 1. The molecule has 5 nitrogen and oxygen atoms in total. The molecule has 0 radical (unpaired) electrons. The molecule has 7 heteroatoms. The Balaban J connectivity index is 1.61. The van der Waals surface area contributed by atoms with Crippen LogP contribution in [0.5, 0.6) is 5.75 Å². The van der Waals surface area contributed by atoms with Crippen molar-refractivity contribution in [2.75, 3.05) is 7.11 Å². The van der Waals surface area contributed by atoms with Crippen molar-refractivity contribution in [2.24, 2.45) is 5.10 Å². The summed E-state index contributed by atoms with van der Waals surface area (Å²) in [6, 6.07) is 20.6. The van der Waals surface area contributed by atoms with Gasteiger partial charge in [-0.3, -0.25) is 4.79 Å². The van der Waals surface area contributed by atoms with Gasteiger partial charge < -0.3 is 4.74 Å². The molecule has 1 aliphatic heterocycles. The van der Waals surface area contributed by atoms with Crippen LogP contribution in [0.2, 0.25) is 5.15 Å². The monoisotopic (exact) mass is 473 g/mol. The van der Waals surface area contributed by atoms with E-state index in [1.54, 1.807) is 13.2 Å². The topological polar surface area (TPSA) is 54.8 Å². The first-order chi connectivity index (χ1) is 16.4. The molecule has 0 bridgehead atoms. The zero-order valence-corrected chi connectivity index (χ0v) is 19.4. The zero-order chi connectivity index (χ0) is 23.8. The molecular weight excluding hydrogens is 453 g/mol. The number of hydrazone groups is 1. The van der Waals surface area contributed by atoms with Gasteiger partial charge in [0.1, 0.15) is 16.7 Å². The lowest BCUT2D eigenvalue weighted by molar-refractivity contribution is 0.0710. The average Bonchev–Trinajstić information content (AvgIpc) is 3.28. The molecule has 0 saturated heterocycles. The van der Waals surface area contributed by atoms with Gasteiger partial charge >= 0.3 is 0 Å². The molecule has 1 aromatic heterocycles. The molecule has 1 amide bonds. The van der Waals surface area contributed by atoms with Crippen molar-refractivity contribution < 1.29 is 13.9 Å². The predicted octanol–water partition coefficient (Wildman–Crippen LogP) is 6.34. The number of amides is 1. The summed E-state index contributed by atoms with van der Waals surface area (Å²) in [5, 5.41) is 7.22. The Labute approximate surface area is 201 Å². The summed E-state index contributed by atoms with van der Waals surface area (Å²) in [4.78, 5) is 18.0. The summed E-state index contributed by atoms with van der Waals surface area (Å²) in [7, 11) is 1.59. The van der Waals surface area contributed by atoms with E-state index in [9.17, 15) is 9.18 Å².